The van der Waals surface area contributed by atoms with Crippen molar-refractivity contribution in [1.29, 1.82) is 0 Å². The van der Waals surface area contributed by atoms with E-state index >= 15 is 0 Å². The number of benzene rings is 14. The molecular formula is C84H50. The average Bonchev–Trinajstić information content (AvgIpc) is 3.76. The summed E-state index contributed by atoms with van der Waals surface area (Å²) in [6, 6.07) is 117. The minimum Gasteiger partial charge on any atom is -0.0622 e. The van der Waals surface area contributed by atoms with Gasteiger partial charge in [0.1, 0.15) is 0 Å². The second-order valence-electron chi connectivity index (χ2n) is 23.2. The van der Waals surface area contributed by atoms with Gasteiger partial charge in [-0.05, 0) is 281 Å². The van der Waals surface area contributed by atoms with Crippen molar-refractivity contribution in [2.45, 2.75) is 0 Å². The Morgan fingerprint density at radius 3 is 0.512 bits per heavy atom. The standard InChI is InChI=1S/C84H50/c1-3-15-51(16-4-1)69-43-73-61-27-7-19-53(35-61)57-23-11-33-67(39-57)79-49-72-50-80-68-34-12-24-58(40-68)54-20-8-28-62(36-54)74(44-69)81(73)71-47-77-65-31-13-25-59(41-65)55-21-9-29-63(37-55)75-45-70(52-17-5-2-6-18-52)46-76(82(72)75)64-30-10-22-56(38-64)60-26-14-32-66(42-60)78(48-71)83(77)84(79)80/h1-50H. The quantitative estimate of drug-likeness (QED) is 0.162. The van der Waals surface area contributed by atoms with E-state index in [9.17, 15) is 0 Å². The summed E-state index contributed by atoms with van der Waals surface area (Å²) < 4.78 is 0. The number of hydrogen-bond acceptors (Lipinski definition) is 0. The molecule has 0 spiro atoms. The Labute approximate surface area is 484 Å². The van der Waals surface area contributed by atoms with E-state index in [1.54, 1.807) is 0 Å². The van der Waals surface area contributed by atoms with Crippen LogP contribution >= 0.6 is 0 Å². The van der Waals surface area contributed by atoms with E-state index in [0.29, 0.717) is 0 Å². The topological polar surface area (TPSA) is 0 Å². The van der Waals surface area contributed by atoms with Crippen molar-refractivity contribution in [3.63, 3.8) is 0 Å². The molecule has 386 valence electrons. The first kappa shape index (κ1) is 46.8. The maximum atomic E-state index is 2.55. The molecule has 0 aliphatic heterocycles. The van der Waals surface area contributed by atoms with Crippen LogP contribution in [-0.2, 0) is 0 Å². The SMILES string of the molecule is c1ccc(-c2cc3c4cccc(c4)c4cccc(c4)c4cc5cc6c7cccc(c7)c7cccc(c7)c(c2)c3c2cc3c7cccc(c7)c7cccc(c7)c7cc(-c8ccccc8)cc(c8cccc(c8)c8cccc(c8)c(c2)c3c46)c57)cc1. The Balaban J connectivity index is 1.29. The molecule has 84 heavy (non-hydrogen) atoms. The summed E-state index contributed by atoms with van der Waals surface area (Å²) in [4.78, 5) is 0. The molecule has 0 N–H and O–H groups in total. The number of rotatable bonds is 2. The summed E-state index contributed by atoms with van der Waals surface area (Å²) in [6.07, 6.45) is 0. The van der Waals surface area contributed by atoms with Crippen LogP contribution in [0, 0.1) is 0 Å². The Morgan fingerprint density at radius 1 is 0.107 bits per heavy atom. The predicted molar refractivity (Wildman–Crippen MR) is 366 cm³/mol. The maximum Gasteiger partial charge on any atom is -0.00139 e. The summed E-state index contributed by atoms with van der Waals surface area (Å²) in [7, 11) is 0. The third-order valence-electron chi connectivity index (χ3n) is 18.3. The van der Waals surface area contributed by atoms with Gasteiger partial charge in [0.25, 0.3) is 0 Å². The van der Waals surface area contributed by atoms with Gasteiger partial charge in [-0.1, -0.05) is 206 Å². The van der Waals surface area contributed by atoms with E-state index in [4.69, 9.17) is 0 Å². The van der Waals surface area contributed by atoms with Gasteiger partial charge in [-0.2, -0.15) is 0 Å². The van der Waals surface area contributed by atoms with Crippen LogP contribution in [-0.4, -0.2) is 0 Å². The van der Waals surface area contributed by atoms with Gasteiger partial charge in [0.15, 0.2) is 0 Å². The van der Waals surface area contributed by atoms with E-state index in [2.05, 4.69) is 303 Å². The molecule has 0 unspecified atom stereocenters. The lowest BCUT2D eigenvalue weighted by molar-refractivity contribution is 1.66. The first-order valence-electron chi connectivity index (χ1n) is 29.3. The fourth-order valence-electron chi connectivity index (χ4n) is 14.4. The van der Waals surface area contributed by atoms with E-state index < -0.39 is 0 Å². The van der Waals surface area contributed by atoms with Crippen LogP contribution in [0.4, 0.5) is 0 Å². The number of hydrogen-bond donors (Lipinski definition) is 0. The molecule has 22 aromatic rings. The van der Waals surface area contributed by atoms with Crippen molar-refractivity contribution >= 4 is 162 Å². The third-order valence-corrected chi connectivity index (χ3v) is 18.3. The van der Waals surface area contributed by atoms with Crippen molar-refractivity contribution in [2.24, 2.45) is 0 Å². The molecule has 22 aromatic carbocycles. The summed E-state index contributed by atoms with van der Waals surface area (Å²) in [5.74, 6) is 0. The molecule has 0 heteroatoms. The first-order valence-corrected chi connectivity index (χ1v) is 29.3. The minimum absolute atomic E-state index is 1.16. The van der Waals surface area contributed by atoms with Gasteiger partial charge in [0.05, 0.1) is 0 Å². The highest BCUT2D eigenvalue weighted by atomic mass is 14.2. The lowest BCUT2D eigenvalue weighted by atomic mass is 9.88. The van der Waals surface area contributed by atoms with E-state index in [0.717, 1.165) is 53.9 Å². The molecule has 0 amide bonds. The van der Waals surface area contributed by atoms with Crippen LogP contribution in [0.2, 0.25) is 0 Å². The zero-order valence-corrected chi connectivity index (χ0v) is 45.9. The molecule has 22 rings (SSSR count). The van der Waals surface area contributed by atoms with Gasteiger partial charge < -0.3 is 0 Å². The van der Waals surface area contributed by atoms with Crippen molar-refractivity contribution in [3.05, 3.63) is 303 Å². The van der Waals surface area contributed by atoms with Gasteiger partial charge >= 0.3 is 0 Å². The lowest BCUT2D eigenvalue weighted by Crippen LogP contribution is -1.88. The van der Waals surface area contributed by atoms with Crippen molar-refractivity contribution < 1.29 is 0 Å². The first-order chi connectivity index (χ1) is 41.6. The van der Waals surface area contributed by atoms with Crippen LogP contribution in [0.1, 0.15) is 0 Å². The second kappa shape index (κ2) is 18.3. The Bertz CT molecular complexity index is 5320. The van der Waals surface area contributed by atoms with Crippen LogP contribution in [0.3, 0.4) is 0 Å². The highest BCUT2D eigenvalue weighted by Gasteiger charge is 2.18. The minimum atomic E-state index is 1.16. The molecule has 0 nitrogen and oxygen atoms in total. The molecule has 26 bridgehead atoms. The molecular weight excluding hydrogens is 1010 g/mol. The largest absolute Gasteiger partial charge is 0.0622 e. The zero-order valence-electron chi connectivity index (χ0n) is 45.9. The van der Waals surface area contributed by atoms with Crippen molar-refractivity contribution in [3.8, 4) is 22.3 Å². The second-order valence-corrected chi connectivity index (χ2v) is 23.2. The summed E-state index contributed by atoms with van der Waals surface area (Å²) in [5.41, 5.74) is 4.70. The van der Waals surface area contributed by atoms with Crippen LogP contribution < -0.4 is 0 Å². The van der Waals surface area contributed by atoms with Gasteiger partial charge in [-0.3, -0.25) is 0 Å². The fourth-order valence-corrected chi connectivity index (χ4v) is 14.4. The highest BCUT2D eigenvalue weighted by Crippen LogP contribution is 2.45. The highest BCUT2D eigenvalue weighted by molar-refractivity contribution is 6.35. The van der Waals surface area contributed by atoms with E-state index in [1.165, 1.54) is 130 Å². The Kier molecular flexibility index (Phi) is 10.2. The summed E-state index contributed by atoms with van der Waals surface area (Å²) in [6.45, 7) is 0. The van der Waals surface area contributed by atoms with Crippen molar-refractivity contribution in [2.75, 3.05) is 0 Å². The smallest absolute Gasteiger partial charge is 0.00139 e. The normalized spacial score (nSPS) is 12.0. The van der Waals surface area contributed by atoms with Crippen LogP contribution in [0.15, 0.2) is 303 Å². The van der Waals surface area contributed by atoms with E-state index in [-0.39, 0.29) is 0 Å². The summed E-state index contributed by atoms with van der Waals surface area (Å²) in [5, 5.41) is 35.2. The molecule has 0 atom stereocenters. The predicted octanol–water partition coefficient (Wildman–Crippen LogP) is 24.0. The molecule has 0 radical (unpaired) electrons. The molecule has 0 aliphatic rings. The average molecular weight is 1060 g/mol. The van der Waals surface area contributed by atoms with Gasteiger partial charge in [0, 0.05) is 0 Å². The molecule has 0 aliphatic carbocycles. The van der Waals surface area contributed by atoms with Gasteiger partial charge in [-0.15, -0.1) is 0 Å². The molecule has 0 aromatic heterocycles. The van der Waals surface area contributed by atoms with Gasteiger partial charge in [0.2, 0.25) is 0 Å². The Hall–Kier alpha value is -10.9. The van der Waals surface area contributed by atoms with Crippen molar-refractivity contribution in [1.82, 2.24) is 0 Å². The summed E-state index contributed by atoms with van der Waals surface area (Å²) >= 11 is 0. The van der Waals surface area contributed by atoms with Gasteiger partial charge in [-0.25, -0.2) is 0 Å². The fraction of sp³-hybridized carbons (Fsp3) is 0. The lowest BCUT2D eigenvalue weighted by Gasteiger charge is -2.15. The molecule has 0 saturated heterocycles. The van der Waals surface area contributed by atoms with E-state index in [1.807, 2.05) is 0 Å². The molecule has 0 heterocycles. The van der Waals surface area contributed by atoms with Crippen LogP contribution in [0.25, 0.3) is 184 Å². The maximum absolute atomic E-state index is 2.55. The molecule has 0 fully saturated rings. The zero-order chi connectivity index (χ0) is 55.0. The molecule has 0 saturated carbocycles. The van der Waals surface area contributed by atoms with Crippen LogP contribution in [0.5, 0.6) is 0 Å². The third kappa shape index (κ3) is 7.41. The Morgan fingerprint density at radius 2 is 0.298 bits per heavy atom. The monoisotopic (exact) mass is 1060 g/mol.